The van der Waals surface area contributed by atoms with E-state index in [-0.39, 0.29) is 30.3 Å². The third-order valence-corrected chi connectivity index (χ3v) is 5.22. The third-order valence-electron chi connectivity index (χ3n) is 4.87. The molecule has 2 fully saturated rings. The molecule has 2 heterocycles. The van der Waals surface area contributed by atoms with Crippen LogP contribution < -0.4 is 11.1 Å². The van der Waals surface area contributed by atoms with Crippen LogP contribution in [0.15, 0.2) is 24.3 Å². The number of benzene rings is 1. The van der Waals surface area contributed by atoms with Crippen LogP contribution in [0.4, 0.5) is 4.79 Å². The molecule has 0 bridgehead atoms. The summed E-state index contributed by atoms with van der Waals surface area (Å²) in [5, 5.41) is 4.01. The molecule has 8 heteroatoms. The second-order valence-corrected chi connectivity index (χ2v) is 6.80. The first-order chi connectivity index (χ1) is 11.6. The van der Waals surface area contributed by atoms with E-state index in [2.05, 4.69) is 5.32 Å². The van der Waals surface area contributed by atoms with E-state index in [1.54, 1.807) is 4.90 Å². The summed E-state index contributed by atoms with van der Waals surface area (Å²) in [6.07, 6.45) is 1.60. The maximum Gasteiger partial charge on any atom is 0.314 e. The lowest BCUT2D eigenvalue weighted by Crippen LogP contribution is -2.53. The molecule has 2 aliphatic heterocycles. The molecule has 6 nitrogen and oxygen atoms in total. The molecule has 1 aromatic rings. The Bertz CT molecular complexity index is 628. The predicted octanol–water partition coefficient (Wildman–Crippen LogP) is 2.03. The quantitative estimate of drug-likeness (QED) is 0.815. The van der Waals surface area contributed by atoms with Gasteiger partial charge in [-0.2, -0.15) is 0 Å². The molecule has 138 valence electrons. The number of carbonyl (C=O) groups is 2. The largest absolute Gasteiger partial charge is 0.351 e. The molecule has 0 radical (unpaired) electrons. The second-order valence-electron chi connectivity index (χ2n) is 6.40. The van der Waals surface area contributed by atoms with Crippen molar-refractivity contribution in [3.8, 4) is 0 Å². The topological polar surface area (TPSA) is 78.7 Å². The molecule has 3 amide bonds. The number of hydrogen-bond donors (Lipinski definition) is 2. The van der Waals surface area contributed by atoms with Crippen LogP contribution in [0.2, 0.25) is 5.02 Å². The molecule has 3 N–H and O–H groups in total. The van der Waals surface area contributed by atoms with Crippen LogP contribution >= 0.6 is 24.0 Å². The van der Waals surface area contributed by atoms with Gasteiger partial charge in [0.1, 0.15) is 0 Å². The van der Waals surface area contributed by atoms with Gasteiger partial charge in [0.15, 0.2) is 0 Å². The van der Waals surface area contributed by atoms with Crippen molar-refractivity contribution in [2.45, 2.75) is 18.9 Å². The summed E-state index contributed by atoms with van der Waals surface area (Å²) in [4.78, 5) is 28.0. The van der Waals surface area contributed by atoms with Crippen molar-refractivity contribution in [3.63, 3.8) is 0 Å². The third kappa shape index (κ3) is 4.37. The van der Waals surface area contributed by atoms with Gasteiger partial charge in [-0.05, 0) is 24.5 Å². The number of urea groups is 1. The molecular formula is C17H24Cl2N4O2. The number of nitrogens with one attached hydrogen (secondary N) is 1. The molecule has 0 aliphatic carbocycles. The first kappa shape index (κ1) is 19.8. The summed E-state index contributed by atoms with van der Waals surface area (Å²) >= 11 is 6.34. The van der Waals surface area contributed by atoms with Gasteiger partial charge < -0.3 is 20.9 Å². The minimum Gasteiger partial charge on any atom is -0.351 e. The molecule has 2 atom stereocenters. The summed E-state index contributed by atoms with van der Waals surface area (Å²) in [6, 6.07) is 7.12. The number of amides is 3. The number of piperidine rings is 1. The molecule has 0 saturated carbocycles. The molecule has 1 aromatic carbocycles. The Morgan fingerprint density at radius 1 is 1.24 bits per heavy atom. The molecule has 2 aliphatic rings. The first-order valence-corrected chi connectivity index (χ1v) is 8.75. The lowest BCUT2D eigenvalue weighted by atomic mass is 9.94. The summed E-state index contributed by atoms with van der Waals surface area (Å²) in [5.41, 5.74) is 6.34. The highest BCUT2D eigenvalue weighted by molar-refractivity contribution is 6.31. The number of rotatable bonds is 2. The maximum absolute atomic E-state index is 13.1. The minimum absolute atomic E-state index is 0. The van der Waals surface area contributed by atoms with Gasteiger partial charge in [-0.25, -0.2) is 4.79 Å². The van der Waals surface area contributed by atoms with Crippen molar-refractivity contribution in [2.24, 2.45) is 11.7 Å². The van der Waals surface area contributed by atoms with Gasteiger partial charge in [0.05, 0.1) is 12.0 Å². The lowest BCUT2D eigenvalue weighted by molar-refractivity contribution is -0.140. The predicted molar refractivity (Wildman–Crippen MR) is 99.9 cm³/mol. The van der Waals surface area contributed by atoms with E-state index in [1.165, 1.54) is 0 Å². The summed E-state index contributed by atoms with van der Waals surface area (Å²) in [7, 11) is 0. The van der Waals surface area contributed by atoms with E-state index in [9.17, 15) is 9.59 Å². The maximum atomic E-state index is 13.1. The highest BCUT2D eigenvalue weighted by Gasteiger charge is 2.35. The molecule has 2 saturated heterocycles. The zero-order valence-electron chi connectivity index (χ0n) is 14.0. The monoisotopic (exact) mass is 386 g/mol. The van der Waals surface area contributed by atoms with E-state index >= 15 is 0 Å². The Morgan fingerprint density at radius 2 is 2.00 bits per heavy atom. The summed E-state index contributed by atoms with van der Waals surface area (Å²) < 4.78 is 0. The van der Waals surface area contributed by atoms with Crippen molar-refractivity contribution in [1.29, 1.82) is 0 Å². The van der Waals surface area contributed by atoms with Crippen molar-refractivity contribution in [1.82, 2.24) is 15.1 Å². The van der Waals surface area contributed by atoms with Crippen LogP contribution in [0.3, 0.4) is 0 Å². The highest BCUT2D eigenvalue weighted by Crippen LogP contribution is 2.31. The van der Waals surface area contributed by atoms with Gasteiger partial charge in [0.25, 0.3) is 0 Å². The SMILES string of the molecule is Cl.NC(=O)N1CCCC(C(=O)N2CCNCC2c2ccccc2Cl)C1. The Balaban J connectivity index is 0.00000225. The van der Waals surface area contributed by atoms with E-state index in [1.807, 2.05) is 29.2 Å². The fourth-order valence-electron chi connectivity index (χ4n) is 3.60. The van der Waals surface area contributed by atoms with Crippen LogP contribution in [0, 0.1) is 5.92 Å². The van der Waals surface area contributed by atoms with E-state index < -0.39 is 6.03 Å². The Hall–Kier alpha value is -1.50. The Labute approximate surface area is 159 Å². The molecule has 0 spiro atoms. The number of likely N-dealkylation sites (tertiary alicyclic amines) is 1. The number of halogens is 2. The van der Waals surface area contributed by atoms with E-state index in [4.69, 9.17) is 17.3 Å². The molecular weight excluding hydrogens is 363 g/mol. The van der Waals surface area contributed by atoms with Crippen molar-refractivity contribution in [3.05, 3.63) is 34.9 Å². The smallest absolute Gasteiger partial charge is 0.314 e. The van der Waals surface area contributed by atoms with Crippen LogP contribution in [0.25, 0.3) is 0 Å². The Morgan fingerprint density at radius 3 is 2.72 bits per heavy atom. The van der Waals surface area contributed by atoms with Crippen LogP contribution in [-0.4, -0.2) is 54.5 Å². The van der Waals surface area contributed by atoms with Gasteiger partial charge in [0.2, 0.25) is 5.91 Å². The Kier molecular flexibility index (Phi) is 6.93. The van der Waals surface area contributed by atoms with E-state index in [0.29, 0.717) is 31.2 Å². The fraction of sp³-hybridized carbons (Fsp3) is 0.529. The molecule has 25 heavy (non-hydrogen) atoms. The minimum atomic E-state index is -0.449. The van der Waals surface area contributed by atoms with Crippen molar-refractivity contribution in [2.75, 3.05) is 32.7 Å². The number of nitrogens with zero attached hydrogens (tertiary/aromatic N) is 2. The van der Waals surface area contributed by atoms with Crippen LogP contribution in [-0.2, 0) is 4.79 Å². The summed E-state index contributed by atoms with van der Waals surface area (Å²) in [6.45, 7) is 3.13. The molecule has 0 aromatic heterocycles. The normalized spacial score (nSPS) is 23.7. The molecule has 2 unspecified atom stereocenters. The lowest BCUT2D eigenvalue weighted by Gasteiger charge is -2.40. The second kappa shape index (κ2) is 8.74. The van der Waals surface area contributed by atoms with Crippen LogP contribution in [0.1, 0.15) is 24.4 Å². The first-order valence-electron chi connectivity index (χ1n) is 8.38. The molecule has 3 rings (SSSR count). The van der Waals surface area contributed by atoms with Gasteiger partial charge in [-0.15, -0.1) is 12.4 Å². The van der Waals surface area contributed by atoms with Gasteiger partial charge in [0, 0.05) is 37.7 Å². The van der Waals surface area contributed by atoms with Gasteiger partial charge >= 0.3 is 6.03 Å². The zero-order chi connectivity index (χ0) is 17.1. The van der Waals surface area contributed by atoms with Crippen molar-refractivity contribution >= 4 is 35.9 Å². The number of hydrogen-bond acceptors (Lipinski definition) is 3. The number of primary amides is 1. The zero-order valence-corrected chi connectivity index (χ0v) is 15.6. The van der Waals surface area contributed by atoms with Gasteiger partial charge in [-0.1, -0.05) is 29.8 Å². The van der Waals surface area contributed by atoms with Crippen LogP contribution in [0.5, 0.6) is 0 Å². The average Bonchev–Trinajstić information content (AvgIpc) is 2.61. The van der Waals surface area contributed by atoms with E-state index in [0.717, 1.165) is 24.9 Å². The number of piperazine rings is 1. The average molecular weight is 387 g/mol. The number of nitrogens with two attached hydrogens (primary N) is 1. The van der Waals surface area contributed by atoms with Crippen molar-refractivity contribution < 1.29 is 9.59 Å². The standard InChI is InChI=1S/C17H23ClN4O2.ClH/c18-14-6-2-1-5-13(14)15-10-20-7-9-22(15)16(23)12-4-3-8-21(11-12)17(19)24;/h1-2,5-6,12,15,20H,3-4,7-11H2,(H2,19,24);1H. The van der Waals surface area contributed by atoms with Gasteiger partial charge in [-0.3, -0.25) is 4.79 Å². The highest BCUT2D eigenvalue weighted by atomic mass is 35.5. The summed E-state index contributed by atoms with van der Waals surface area (Å²) in [5.74, 6) is -0.0956. The number of carbonyl (C=O) groups excluding carboxylic acids is 2. The fourth-order valence-corrected chi connectivity index (χ4v) is 3.87.